The molecule has 3 aliphatic rings. The number of carbonyl (C=O) groups is 1. The first-order valence-corrected chi connectivity index (χ1v) is 10.1. The Hall–Kier alpha value is -1.75. The molecule has 0 aromatic heterocycles. The van der Waals surface area contributed by atoms with Gasteiger partial charge in [0.2, 0.25) is 5.91 Å². The lowest BCUT2D eigenvalue weighted by molar-refractivity contribution is -0.124. The first-order valence-electron chi connectivity index (χ1n) is 10.1. The minimum Gasteiger partial charge on any atom is -0.486 e. The lowest BCUT2D eigenvalue weighted by Crippen LogP contribution is -2.49. The summed E-state index contributed by atoms with van der Waals surface area (Å²) in [5, 5.41) is 3.40. The number of amides is 1. The van der Waals surface area contributed by atoms with E-state index in [4.69, 9.17) is 9.47 Å². The Bertz CT molecular complexity index is 655. The molecule has 5 nitrogen and oxygen atoms in total. The van der Waals surface area contributed by atoms with Gasteiger partial charge in [-0.25, -0.2) is 0 Å². The summed E-state index contributed by atoms with van der Waals surface area (Å²) in [5.41, 5.74) is 0.897. The summed E-state index contributed by atoms with van der Waals surface area (Å²) in [6.45, 7) is 6.04. The number of rotatable bonds is 4. The average Bonchev–Trinajstić information content (AvgIpc) is 3.11. The zero-order valence-electron chi connectivity index (χ0n) is 15.8. The van der Waals surface area contributed by atoms with Crippen LogP contribution in [0, 0.1) is 5.92 Å². The van der Waals surface area contributed by atoms with Crippen LogP contribution in [-0.4, -0.2) is 43.7 Å². The van der Waals surface area contributed by atoms with Crippen molar-refractivity contribution in [1.82, 2.24) is 10.2 Å². The maximum absolute atomic E-state index is 12.8. The summed E-state index contributed by atoms with van der Waals surface area (Å²) in [6.07, 6.45) is 6.76. The van der Waals surface area contributed by atoms with Crippen molar-refractivity contribution in [3.63, 3.8) is 0 Å². The van der Waals surface area contributed by atoms with Crippen molar-refractivity contribution in [3.8, 4) is 11.5 Å². The van der Waals surface area contributed by atoms with Gasteiger partial charge in [0, 0.05) is 6.54 Å². The molecular weight excluding hydrogens is 328 g/mol. The molecule has 4 rings (SSSR count). The number of nitrogens with one attached hydrogen (secondary N) is 1. The molecular formula is C21H30N2O3. The number of carbonyl (C=O) groups excluding carboxylic acids is 1. The summed E-state index contributed by atoms with van der Waals surface area (Å²) in [5.74, 6) is 2.45. The van der Waals surface area contributed by atoms with Crippen LogP contribution in [0.5, 0.6) is 11.5 Å². The van der Waals surface area contributed by atoms with Crippen LogP contribution in [0.4, 0.5) is 0 Å². The number of hydrogen-bond acceptors (Lipinski definition) is 4. The molecule has 142 valence electrons. The van der Waals surface area contributed by atoms with E-state index in [1.54, 1.807) is 0 Å². The van der Waals surface area contributed by atoms with Crippen molar-refractivity contribution in [1.29, 1.82) is 0 Å². The van der Waals surface area contributed by atoms with Crippen molar-refractivity contribution in [2.75, 3.05) is 32.8 Å². The number of nitrogens with zero attached hydrogens (tertiary/aromatic N) is 1. The van der Waals surface area contributed by atoms with Crippen LogP contribution >= 0.6 is 0 Å². The van der Waals surface area contributed by atoms with Gasteiger partial charge >= 0.3 is 0 Å². The van der Waals surface area contributed by atoms with Gasteiger partial charge in [0.15, 0.2) is 11.5 Å². The summed E-state index contributed by atoms with van der Waals surface area (Å²) < 4.78 is 11.4. The standard InChI is InChI=1S/C21H30N2O3/c1-16-5-4-10-23(14-16)15-20(24)22-21(8-2-3-9-21)17-6-7-18-19(13-17)26-12-11-25-18/h6-7,13,16H,2-5,8-12,14-15H2,1H3,(H,22,24). The van der Waals surface area contributed by atoms with Crippen molar-refractivity contribution in [2.45, 2.75) is 51.0 Å². The third-order valence-corrected chi connectivity index (χ3v) is 6.04. The third-order valence-electron chi connectivity index (χ3n) is 6.04. The Kier molecular flexibility index (Phi) is 5.07. The highest BCUT2D eigenvalue weighted by Gasteiger charge is 2.38. The molecule has 1 aliphatic carbocycles. The molecule has 2 fully saturated rings. The molecule has 1 aromatic carbocycles. The van der Waals surface area contributed by atoms with Gasteiger partial charge in [-0.05, 0) is 55.8 Å². The molecule has 0 radical (unpaired) electrons. The summed E-state index contributed by atoms with van der Waals surface area (Å²) in [7, 11) is 0. The van der Waals surface area contributed by atoms with Gasteiger partial charge in [0.05, 0.1) is 12.1 Å². The third kappa shape index (κ3) is 3.68. The van der Waals surface area contributed by atoms with Gasteiger partial charge in [0.25, 0.3) is 0 Å². The lowest BCUT2D eigenvalue weighted by Gasteiger charge is -2.35. The maximum Gasteiger partial charge on any atom is 0.234 e. The predicted octanol–water partition coefficient (Wildman–Crippen LogP) is 3.08. The number of piperidine rings is 1. The van der Waals surface area contributed by atoms with Gasteiger partial charge in [-0.2, -0.15) is 0 Å². The van der Waals surface area contributed by atoms with Crippen molar-refractivity contribution < 1.29 is 14.3 Å². The van der Waals surface area contributed by atoms with E-state index in [-0.39, 0.29) is 11.4 Å². The molecule has 1 atom stereocenters. The zero-order valence-corrected chi connectivity index (χ0v) is 15.8. The largest absolute Gasteiger partial charge is 0.486 e. The molecule has 1 aromatic rings. The summed E-state index contributed by atoms with van der Waals surface area (Å²) >= 11 is 0. The van der Waals surface area contributed by atoms with Gasteiger partial charge < -0.3 is 14.8 Å². The smallest absolute Gasteiger partial charge is 0.234 e. The zero-order chi connectivity index (χ0) is 18.0. The SMILES string of the molecule is CC1CCCN(CC(=O)NC2(c3ccc4c(c3)OCCO4)CCCC2)C1. The van der Waals surface area contributed by atoms with Gasteiger partial charge in [-0.15, -0.1) is 0 Å². The number of likely N-dealkylation sites (tertiary alicyclic amines) is 1. The molecule has 26 heavy (non-hydrogen) atoms. The summed E-state index contributed by atoms with van der Waals surface area (Å²) in [4.78, 5) is 15.1. The first-order chi connectivity index (χ1) is 12.6. The van der Waals surface area contributed by atoms with Crippen LogP contribution in [-0.2, 0) is 10.3 Å². The summed E-state index contributed by atoms with van der Waals surface area (Å²) in [6, 6.07) is 6.16. The van der Waals surface area contributed by atoms with E-state index < -0.39 is 0 Å². The maximum atomic E-state index is 12.8. The number of ether oxygens (including phenoxy) is 2. The van der Waals surface area contributed by atoms with E-state index in [9.17, 15) is 4.79 Å². The van der Waals surface area contributed by atoms with Crippen LogP contribution in [0.3, 0.4) is 0 Å². The molecule has 0 spiro atoms. The van der Waals surface area contributed by atoms with Crippen molar-refractivity contribution in [3.05, 3.63) is 23.8 Å². The van der Waals surface area contributed by atoms with Gasteiger partial charge in [-0.1, -0.05) is 25.8 Å². The predicted molar refractivity (Wildman–Crippen MR) is 101 cm³/mol. The highest BCUT2D eigenvalue weighted by Crippen LogP contribution is 2.42. The fourth-order valence-corrected chi connectivity index (χ4v) is 4.75. The first kappa shape index (κ1) is 17.7. The van der Waals surface area contributed by atoms with Gasteiger partial charge in [0.1, 0.15) is 13.2 Å². The van der Waals surface area contributed by atoms with E-state index in [2.05, 4.69) is 29.3 Å². The topological polar surface area (TPSA) is 50.8 Å². The van der Waals surface area contributed by atoms with Crippen LogP contribution < -0.4 is 14.8 Å². The second-order valence-corrected chi connectivity index (χ2v) is 8.18. The normalized spacial score (nSPS) is 25.0. The van der Waals surface area contributed by atoms with Crippen molar-refractivity contribution in [2.24, 2.45) is 5.92 Å². The van der Waals surface area contributed by atoms with Crippen LogP contribution in [0.25, 0.3) is 0 Å². The molecule has 1 unspecified atom stereocenters. The molecule has 1 amide bonds. The Morgan fingerprint density at radius 1 is 1.19 bits per heavy atom. The molecule has 5 heteroatoms. The second-order valence-electron chi connectivity index (χ2n) is 8.18. The molecule has 2 heterocycles. The van der Waals surface area contributed by atoms with E-state index in [0.717, 1.165) is 55.8 Å². The van der Waals surface area contributed by atoms with E-state index >= 15 is 0 Å². The minimum atomic E-state index is -0.256. The average molecular weight is 358 g/mol. The quantitative estimate of drug-likeness (QED) is 0.899. The minimum absolute atomic E-state index is 0.149. The van der Waals surface area contributed by atoms with Crippen LogP contribution in [0.15, 0.2) is 18.2 Å². The molecule has 1 N–H and O–H groups in total. The molecule has 2 aliphatic heterocycles. The fraction of sp³-hybridized carbons (Fsp3) is 0.667. The second kappa shape index (κ2) is 7.47. The Labute approximate surface area is 156 Å². The Morgan fingerprint density at radius 2 is 1.96 bits per heavy atom. The highest BCUT2D eigenvalue weighted by atomic mass is 16.6. The fourth-order valence-electron chi connectivity index (χ4n) is 4.75. The Morgan fingerprint density at radius 3 is 2.73 bits per heavy atom. The molecule has 1 saturated heterocycles. The molecule has 0 bridgehead atoms. The van der Waals surface area contributed by atoms with E-state index in [1.165, 1.54) is 12.8 Å². The number of benzene rings is 1. The molecule has 1 saturated carbocycles. The van der Waals surface area contributed by atoms with E-state index in [1.807, 2.05) is 6.07 Å². The van der Waals surface area contributed by atoms with Crippen LogP contribution in [0.2, 0.25) is 0 Å². The van der Waals surface area contributed by atoms with Gasteiger partial charge in [-0.3, -0.25) is 9.69 Å². The monoisotopic (exact) mass is 358 g/mol. The Balaban J connectivity index is 1.48. The number of fused-ring (bicyclic) bond motifs is 1. The highest BCUT2D eigenvalue weighted by molar-refractivity contribution is 5.79. The van der Waals surface area contributed by atoms with Crippen LogP contribution in [0.1, 0.15) is 51.0 Å². The van der Waals surface area contributed by atoms with E-state index in [0.29, 0.717) is 25.7 Å². The number of hydrogen-bond donors (Lipinski definition) is 1. The van der Waals surface area contributed by atoms with Crippen molar-refractivity contribution >= 4 is 5.91 Å². The lowest BCUT2D eigenvalue weighted by atomic mass is 9.87.